The lowest BCUT2D eigenvalue weighted by molar-refractivity contribution is -0.127. The monoisotopic (exact) mass is 462 g/mol. The summed E-state index contributed by atoms with van der Waals surface area (Å²) in [5.41, 5.74) is 3.07. The zero-order valence-corrected chi connectivity index (χ0v) is 20.2. The van der Waals surface area contributed by atoms with E-state index in [1.54, 1.807) is 0 Å². The summed E-state index contributed by atoms with van der Waals surface area (Å²) in [5, 5.41) is 3.38. The van der Waals surface area contributed by atoms with Gasteiger partial charge in [0.05, 0.1) is 17.6 Å². The second kappa shape index (κ2) is 9.77. The molecule has 1 saturated carbocycles. The minimum atomic E-state index is -0.225. The number of nitrogens with zero attached hydrogens (tertiary/aromatic N) is 3. The summed E-state index contributed by atoms with van der Waals surface area (Å²) in [6.45, 7) is 6.83. The van der Waals surface area contributed by atoms with Gasteiger partial charge in [0, 0.05) is 25.0 Å². The molecule has 34 heavy (non-hydrogen) atoms. The Kier molecular flexibility index (Phi) is 6.57. The lowest BCUT2D eigenvalue weighted by Gasteiger charge is -2.37. The van der Waals surface area contributed by atoms with Gasteiger partial charge in [-0.3, -0.25) is 4.79 Å². The molecule has 2 aliphatic rings. The van der Waals surface area contributed by atoms with Gasteiger partial charge in [-0.1, -0.05) is 51.0 Å². The first kappa shape index (κ1) is 22.9. The number of fused-ring (bicyclic) bond motifs is 1. The van der Waals surface area contributed by atoms with Gasteiger partial charge in [-0.25, -0.2) is 9.37 Å². The van der Waals surface area contributed by atoms with Crippen LogP contribution in [0.3, 0.4) is 0 Å². The Labute approximate surface area is 201 Å². The summed E-state index contributed by atoms with van der Waals surface area (Å²) in [6, 6.07) is 15.1. The number of halogens is 1. The minimum Gasteiger partial charge on any atom is -0.353 e. The largest absolute Gasteiger partial charge is 0.353 e. The van der Waals surface area contributed by atoms with Crippen molar-refractivity contribution in [3.63, 3.8) is 0 Å². The predicted molar refractivity (Wildman–Crippen MR) is 134 cm³/mol. The Morgan fingerprint density at radius 2 is 1.76 bits per heavy atom. The molecule has 1 N–H and O–H groups in total. The van der Waals surface area contributed by atoms with Crippen LogP contribution >= 0.6 is 0 Å². The molecule has 3 atom stereocenters. The number of aromatic nitrogens is 2. The number of hydrogen-bond acceptors (Lipinski definition) is 3. The number of benzene rings is 2. The number of amides is 1. The fourth-order valence-corrected chi connectivity index (χ4v) is 5.66. The molecule has 1 aliphatic carbocycles. The van der Waals surface area contributed by atoms with Crippen molar-refractivity contribution in [2.24, 2.45) is 17.8 Å². The number of carbonyl (C=O) groups excluding carboxylic acids is 1. The van der Waals surface area contributed by atoms with Crippen molar-refractivity contribution in [2.75, 3.05) is 18.0 Å². The van der Waals surface area contributed by atoms with Crippen molar-refractivity contribution >= 4 is 22.9 Å². The topological polar surface area (TPSA) is 50.2 Å². The quantitative estimate of drug-likeness (QED) is 0.554. The summed E-state index contributed by atoms with van der Waals surface area (Å²) in [5.74, 6) is 2.22. The molecule has 1 amide bonds. The maximum absolute atomic E-state index is 13.4. The molecule has 1 aromatic heterocycles. The zero-order valence-electron chi connectivity index (χ0n) is 20.2. The van der Waals surface area contributed by atoms with Crippen LogP contribution in [-0.2, 0) is 11.3 Å². The number of para-hydroxylation sites is 2. The molecule has 0 radical (unpaired) electrons. The second-order valence-electron chi connectivity index (χ2n) is 10.3. The number of anilines is 1. The Bertz CT molecular complexity index is 1130. The molecule has 2 aromatic carbocycles. The second-order valence-corrected chi connectivity index (χ2v) is 10.3. The molecule has 2 fully saturated rings. The SMILES string of the molecule is C[C@H]1[C@H](C)CCC[C@H]1NC(=O)C1CCN(c2nc3ccccc3n2Cc2ccc(F)cc2)CC1. The number of piperidine rings is 1. The molecule has 1 aliphatic heterocycles. The van der Waals surface area contributed by atoms with Gasteiger partial charge < -0.3 is 14.8 Å². The molecule has 5 nitrogen and oxygen atoms in total. The van der Waals surface area contributed by atoms with Crippen molar-refractivity contribution < 1.29 is 9.18 Å². The van der Waals surface area contributed by atoms with Crippen molar-refractivity contribution in [1.29, 1.82) is 0 Å². The molecule has 0 spiro atoms. The fraction of sp³-hybridized carbons (Fsp3) is 0.500. The standard InChI is InChI=1S/C28H35FN4O/c1-19-6-5-8-24(20(19)2)30-27(34)22-14-16-32(17-15-22)28-31-25-7-3-4-9-26(25)33(28)18-21-10-12-23(29)13-11-21/h3-4,7,9-13,19-20,22,24H,5-6,8,14-18H2,1-2H3,(H,30,34)/t19-,20+,24-/m1/s1. The van der Waals surface area contributed by atoms with Crippen LogP contribution in [0.1, 0.15) is 51.5 Å². The van der Waals surface area contributed by atoms with E-state index in [1.807, 2.05) is 30.3 Å². The van der Waals surface area contributed by atoms with Crippen LogP contribution in [0, 0.1) is 23.6 Å². The van der Waals surface area contributed by atoms with Gasteiger partial charge in [-0.2, -0.15) is 0 Å². The van der Waals surface area contributed by atoms with Gasteiger partial charge in [0.15, 0.2) is 0 Å². The summed E-state index contributed by atoms with van der Waals surface area (Å²) in [4.78, 5) is 20.3. The Morgan fingerprint density at radius 3 is 2.53 bits per heavy atom. The van der Waals surface area contributed by atoms with E-state index >= 15 is 0 Å². The van der Waals surface area contributed by atoms with Crippen LogP contribution in [0.15, 0.2) is 48.5 Å². The van der Waals surface area contributed by atoms with E-state index in [4.69, 9.17) is 4.98 Å². The first-order chi connectivity index (χ1) is 16.5. The van der Waals surface area contributed by atoms with E-state index in [-0.39, 0.29) is 17.6 Å². The van der Waals surface area contributed by atoms with Crippen LogP contribution in [0.5, 0.6) is 0 Å². The number of carbonyl (C=O) groups is 1. The van der Waals surface area contributed by atoms with Crippen molar-refractivity contribution in [2.45, 2.75) is 58.5 Å². The fourth-order valence-electron chi connectivity index (χ4n) is 5.66. The summed E-state index contributed by atoms with van der Waals surface area (Å²) in [7, 11) is 0. The van der Waals surface area contributed by atoms with Gasteiger partial charge in [0.2, 0.25) is 11.9 Å². The Balaban J connectivity index is 1.29. The summed E-state index contributed by atoms with van der Waals surface area (Å²) in [6.07, 6.45) is 5.25. The highest BCUT2D eigenvalue weighted by molar-refractivity contribution is 5.80. The molecule has 180 valence electrons. The third-order valence-corrected chi connectivity index (χ3v) is 8.07. The van der Waals surface area contributed by atoms with Gasteiger partial charge in [-0.05, 0) is 60.9 Å². The van der Waals surface area contributed by atoms with Crippen molar-refractivity contribution in [3.05, 3.63) is 59.9 Å². The first-order valence-corrected chi connectivity index (χ1v) is 12.7. The molecule has 0 bridgehead atoms. The van der Waals surface area contributed by atoms with Crippen LogP contribution in [-0.4, -0.2) is 34.6 Å². The maximum Gasteiger partial charge on any atom is 0.223 e. The van der Waals surface area contributed by atoms with E-state index in [1.165, 1.54) is 25.0 Å². The van der Waals surface area contributed by atoms with Gasteiger partial charge in [0.25, 0.3) is 0 Å². The summed E-state index contributed by atoms with van der Waals surface area (Å²) < 4.78 is 15.6. The highest BCUT2D eigenvalue weighted by Gasteiger charge is 2.32. The predicted octanol–water partition coefficient (Wildman–Crippen LogP) is 5.38. The van der Waals surface area contributed by atoms with E-state index in [2.05, 4.69) is 34.7 Å². The average molecular weight is 463 g/mol. The van der Waals surface area contributed by atoms with E-state index in [0.29, 0.717) is 24.4 Å². The van der Waals surface area contributed by atoms with Gasteiger partial charge >= 0.3 is 0 Å². The molecule has 6 heteroatoms. The van der Waals surface area contributed by atoms with E-state index in [9.17, 15) is 9.18 Å². The summed E-state index contributed by atoms with van der Waals surface area (Å²) >= 11 is 0. The van der Waals surface area contributed by atoms with E-state index < -0.39 is 0 Å². The van der Waals surface area contributed by atoms with Gasteiger partial charge in [0.1, 0.15) is 5.82 Å². The molecule has 1 saturated heterocycles. The maximum atomic E-state index is 13.4. The molecule has 5 rings (SSSR count). The Morgan fingerprint density at radius 1 is 1.03 bits per heavy atom. The van der Waals surface area contributed by atoms with Crippen LogP contribution in [0.2, 0.25) is 0 Å². The number of hydrogen-bond donors (Lipinski definition) is 1. The van der Waals surface area contributed by atoms with Crippen LogP contribution in [0.4, 0.5) is 10.3 Å². The zero-order chi connectivity index (χ0) is 23.7. The molecule has 0 unspecified atom stereocenters. The molecular weight excluding hydrogens is 427 g/mol. The lowest BCUT2D eigenvalue weighted by Crippen LogP contribution is -2.48. The van der Waals surface area contributed by atoms with Crippen molar-refractivity contribution in [3.8, 4) is 0 Å². The minimum absolute atomic E-state index is 0.0654. The van der Waals surface area contributed by atoms with E-state index in [0.717, 1.165) is 54.9 Å². The van der Waals surface area contributed by atoms with Crippen LogP contribution in [0.25, 0.3) is 11.0 Å². The molecule has 2 heterocycles. The number of rotatable bonds is 5. The smallest absolute Gasteiger partial charge is 0.223 e. The lowest BCUT2D eigenvalue weighted by atomic mass is 9.78. The van der Waals surface area contributed by atoms with Crippen molar-refractivity contribution in [1.82, 2.24) is 14.9 Å². The normalized spacial score (nSPS) is 23.9. The number of imidazole rings is 1. The highest BCUT2D eigenvalue weighted by Crippen LogP contribution is 2.31. The van der Waals surface area contributed by atoms with Gasteiger partial charge in [-0.15, -0.1) is 0 Å². The molecular formula is C28H35FN4O. The Hall–Kier alpha value is -2.89. The average Bonchev–Trinajstić information content (AvgIpc) is 3.22. The highest BCUT2D eigenvalue weighted by atomic mass is 19.1. The van der Waals surface area contributed by atoms with Crippen LogP contribution < -0.4 is 10.2 Å². The number of nitrogens with one attached hydrogen (secondary N) is 1. The third-order valence-electron chi connectivity index (χ3n) is 8.07. The first-order valence-electron chi connectivity index (χ1n) is 12.7. The molecule has 3 aromatic rings. The third kappa shape index (κ3) is 4.68.